The van der Waals surface area contributed by atoms with Gasteiger partial charge in [-0.2, -0.15) is 0 Å². The molecule has 0 saturated heterocycles. The number of benzene rings is 4. The number of aromatic hydroxyl groups is 1. The van der Waals surface area contributed by atoms with Gasteiger partial charge in [-0.25, -0.2) is 4.79 Å². The minimum atomic E-state index is -0.580. The second kappa shape index (κ2) is 29.1. The normalized spacial score (nSPS) is 10.1. The van der Waals surface area contributed by atoms with Gasteiger partial charge in [0.1, 0.15) is 17.1 Å². The third-order valence-electron chi connectivity index (χ3n) is 7.64. The third kappa shape index (κ3) is 20.5. The fourth-order valence-electron chi connectivity index (χ4n) is 5.03. The predicted octanol–water partition coefficient (Wildman–Crippen LogP) is -2.05. The fraction of sp³-hybridized carbons (Fsp3) is 0.317. The van der Waals surface area contributed by atoms with E-state index in [2.05, 4.69) is 4.89 Å². The maximum absolute atomic E-state index is 12.5. The van der Waals surface area contributed by atoms with Gasteiger partial charge in [0.15, 0.2) is 18.2 Å². The molecule has 5 N–H and O–H groups in total. The molecule has 13 nitrogen and oxygen atoms in total. The summed E-state index contributed by atoms with van der Waals surface area (Å²) in [7, 11) is 0. The van der Waals surface area contributed by atoms with Crippen LogP contribution >= 0.6 is 0 Å². The van der Waals surface area contributed by atoms with Gasteiger partial charge in [-0.05, 0) is 91.3 Å². The fourth-order valence-corrected chi connectivity index (χ4v) is 5.03. The SMILES string of the molecule is CC(C)(C)OC(=O)COc1cccc(C(=O)CCc2ccc(CO)c(CO)c2)c1.O=C(CCc1ccc(CO)c(CO)c1)c1cccc(O)c1.O=CO[O-].[H-].[K+].[K+]. The summed E-state index contributed by atoms with van der Waals surface area (Å²) in [5.74, 6) is -0.0558. The average Bonchev–Trinajstić information content (AvgIpc) is 3.17. The summed E-state index contributed by atoms with van der Waals surface area (Å²) in [5, 5.41) is 54.8. The van der Waals surface area contributed by atoms with Crippen molar-refractivity contribution in [1.82, 2.24) is 0 Å². The van der Waals surface area contributed by atoms with Crippen LogP contribution in [-0.4, -0.2) is 61.7 Å². The standard InChI is InChI=1S/C23H28O6.C17H18O4.CH2O3.2K.H/c1-23(2,3)29-22(27)15-28-20-6-4-5-17(12-20)21(26)10-8-16-7-9-18(13-24)19(11-16)14-25;18-10-14-6-4-12(8-15(14)11-19)5-7-17(21)13-2-1-3-16(20)9-13;2-1-4-3;;;/h4-7,9,11-12,24-25H,8,10,13-15H2,1-3H3;1-4,6,8-9,18-20H,5,7,10-11H2;1,3H;;;/q;;;2*+1;-1/p-1. The number of aliphatic hydroxyl groups excluding tert-OH is 4. The van der Waals surface area contributed by atoms with Gasteiger partial charge in [0, 0.05) is 24.0 Å². The first-order valence-corrected chi connectivity index (χ1v) is 16.9. The van der Waals surface area contributed by atoms with Crippen LogP contribution in [0.1, 0.15) is 89.1 Å². The van der Waals surface area contributed by atoms with Gasteiger partial charge in [0.25, 0.3) is 6.47 Å². The van der Waals surface area contributed by atoms with Gasteiger partial charge < -0.3 is 46.6 Å². The zero-order valence-electron chi connectivity index (χ0n) is 33.5. The molecule has 0 radical (unpaired) electrons. The van der Waals surface area contributed by atoms with E-state index in [1.165, 1.54) is 12.1 Å². The van der Waals surface area contributed by atoms with Crippen molar-refractivity contribution in [2.24, 2.45) is 0 Å². The molecule has 0 amide bonds. The summed E-state index contributed by atoms with van der Waals surface area (Å²) in [6.45, 7) is 4.40. The van der Waals surface area contributed by atoms with Gasteiger partial charge in [-0.1, -0.05) is 60.7 Å². The van der Waals surface area contributed by atoms with Crippen molar-refractivity contribution >= 4 is 24.0 Å². The zero-order chi connectivity index (χ0) is 40.1. The van der Waals surface area contributed by atoms with Crippen molar-refractivity contribution in [2.45, 2.75) is 78.5 Å². The van der Waals surface area contributed by atoms with Gasteiger partial charge in [0.2, 0.25) is 0 Å². The van der Waals surface area contributed by atoms with Gasteiger partial charge in [-0.3, -0.25) is 14.4 Å². The van der Waals surface area contributed by atoms with E-state index in [9.17, 15) is 34.8 Å². The van der Waals surface area contributed by atoms with Gasteiger partial charge >= 0.3 is 109 Å². The second-order valence-electron chi connectivity index (χ2n) is 12.8. The van der Waals surface area contributed by atoms with Crippen molar-refractivity contribution in [3.63, 3.8) is 0 Å². The molecule has 0 unspecified atom stereocenters. The molecule has 292 valence electrons. The third-order valence-corrected chi connectivity index (χ3v) is 7.64. The summed E-state index contributed by atoms with van der Waals surface area (Å²) in [4.78, 5) is 47.6. The van der Waals surface area contributed by atoms with E-state index in [1.54, 1.807) is 81.4 Å². The number of aryl methyl sites for hydroxylation is 2. The number of ether oxygens (including phenoxy) is 2. The molecule has 0 aliphatic heterocycles. The number of hydrogen-bond acceptors (Lipinski definition) is 13. The van der Waals surface area contributed by atoms with Crippen LogP contribution in [0.25, 0.3) is 0 Å². The molecular formula is C41H48K2O13. The molecule has 4 aromatic carbocycles. The summed E-state index contributed by atoms with van der Waals surface area (Å²) in [6.07, 6.45) is 1.68. The number of hydrogen-bond donors (Lipinski definition) is 5. The van der Waals surface area contributed by atoms with E-state index < -0.39 is 11.6 Å². The van der Waals surface area contributed by atoms with Crippen molar-refractivity contribution in [2.75, 3.05) is 6.61 Å². The number of aliphatic hydroxyl groups is 4. The van der Waals surface area contributed by atoms with E-state index in [4.69, 9.17) is 24.6 Å². The largest absolute Gasteiger partial charge is 1.00 e. The number of rotatable bonds is 16. The summed E-state index contributed by atoms with van der Waals surface area (Å²) in [5.41, 5.74) is 4.98. The van der Waals surface area contributed by atoms with Crippen LogP contribution in [0.4, 0.5) is 0 Å². The van der Waals surface area contributed by atoms with Crippen LogP contribution in [0, 0.1) is 0 Å². The summed E-state index contributed by atoms with van der Waals surface area (Å²) < 4.78 is 10.6. The molecule has 0 aromatic heterocycles. The molecule has 56 heavy (non-hydrogen) atoms. The predicted molar refractivity (Wildman–Crippen MR) is 196 cm³/mol. The molecule has 0 heterocycles. The summed E-state index contributed by atoms with van der Waals surface area (Å²) in [6, 6.07) is 23.8. The Morgan fingerprint density at radius 2 is 1.12 bits per heavy atom. The maximum Gasteiger partial charge on any atom is 1.00 e. The molecule has 4 rings (SSSR count). The Morgan fingerprint density at radius 3 is 1.54 bits per heavy atom. The van der Waals surface area contributed by atoms with E-state index in [0.29, 0.717) is 64.8 Å². The van der Waals surface area contributed by atoms with Crippen molar-refractivity contribution in [3.8, 4) is 11.5 Å². The Hall–Kier alpha value is -2.17. The number of carbonyl (C=O) groups excluding carboxylic acids is 4. The molecule has 0 atom stereocenters. The molecule has 0 fully saturated rings. The second-order valence-corrected chi connectivity index (χ2v) is 12.8. The molecule has 0 bridgehead atoms. The van der Waals surface area contributed by atoms with Crippen molar-refractivity contribution in [1.29, 1.82) is 0 Å². The Kier molecular flexibility index (Phi) is 28.0. The van der Waals surface area contributed by atoms with Crippen molar-refractivity contribution in [3.05, 3.63) is 129 Å². The van der Waals surface area contributed by atoms with Gasteiger partial charge in [-0.15, -0.1) is 0 Å². The molecule has 0 spiro atoms. The van der Waals surface area contributed by atoms with Crippen LogP contribution in [0.3, 0.4) is 0 Å². The number of phenols is 1. The van der Waals surface area contributed by atoms with E-state index in [-0.39, 0.29) is 161 Å². The van der Waals surface area contributed by atoms with E-state index in [1.807, 2.05) is 12.1 Å². The molecule has 0 saturated carbocycles. The minimum Gasteiger partial charge on any atom is -1.00 e. The first-order valence-electron chi connectivity index (χ1n) is 16.9. The Morgan fingerprint density at radius 1 is 0.679 bits per heavy atom. The molecule has 15 heteroatoms. The van der Waals surface area contributed by atoms with E-state index >= 15 is 0 Å². The Bertz CT molecular complexity index is 1830. The first kappa shape index (κ1) is 53.8. The number of esters is 1. The number of carbonyl (C=O) groups is 4. The smallest absolute Gasteiger partial charge is 1.00 e. The topological polar surface area (TPSA) is 220 Å². The molecule has 4 aromatic rings. The molecular weight excluding hydrogens is 779 g/mol. The quantitative estimate of drug-likeness (QED) is 0.0206. The zero-order valence-corrected chi connectivity index (χ0v) is 38.8. The van der Waals surface area contributed by atoms with Crippen LogP contribution in [0.2, 0.25) is 0 Å². The molecule has 0 aliphatic carbocycles. The van der Waals surface area contributed by atoms with Crippen LogP contribution < -0.4 is 113 Å². The van der Waals surface area contributed by atoms with Crippen molar-refractivity contribution < 1.29 is 169 Å². The Balaban J connectivity index is 0. The first-order chi connectivity index (χ1) is 25.8. The van der Waals surface area contributed by atoms with E-state index in [0.717, 1.165) is 11.1 Å². The Labute approximate surface area is 413 Å². The number of ketones is 2. The van der Waals surface area contributed by atoms with Crippen LogP contribution in [0.5, 0.6) is 11.5 Å². The van der Waals surface area contributed by atoms with Crippen LogP contribution in [-0.2, 0) is 58.5 Å². The average molecular weight is 827 g/mol. The minimum absolute atomic E-state index is 0. The van der Waals surface area contributed by atoms with Gasteiger partial charge in [0.05, 0.1) is 26.4 Å². The molecule has 0 aliphatic rings. The van der Waals surface area contributed by atoms with Crippen LogP contribution in [0.15, 0.2) is 84.9 Å². The monoisotopic (exact) mass is 826 g/mol. The number of Topliss-reactive ketones (excluding diaryl/α,β-unsaturated/α-hetero) is 2. The summed E-state index contributed by atoms with van der Waals surface area (Å²) >= 11 is 0. The maximum atomic E-state index is 12.5. The number of phenolic OH excluding ortho intramolecular Hbond substituents is 1.